The van der Waals surface area contributed by atoms with Crippen molar-refractivity contribution in [3.05, 3.63) is 65.7 Å². The highest BCUT2D eigenvalue weighted by atomic mass is 16.5. The summed E-state index contributed by atoms with van der Waals surface area (Å²) in [6.45, 7) is 3.12. The number of unbranched alkanes of at least 4 members (excludes halogenated alkanes) is 2. The first kappa shape index (κ1) is 19.0. The fourth-order valence-electron chi connectivity index (χ4n) is 2.52. The van der Waals surface area contributed by atoms with Crippen LogP contribution in [0.15, 0.2) is 54.6 Å². The van der Waals surface area contributed by atoms with Crippen LogP contribution in [0.3, 0.4) is 0 Å². The number of nitrogens with one attached hydrogen (secondary N) is 1. The smallest absolute Gasteiger partial charge is 0.234 e. The van der Waals surface area contributed by atoms with Crippen LogP contribution in [-0.4, -0.2) is 18.6 Å². The number of carbonyl (C=O) groups excluding carboxylic acids is 1. The number of hydrogen-bond donors (Lipinski definition) is 2. The Kier molecular flexibility index (Phi) is 7.99. The topological polar surface area (TPSA) is 64.3 Å². The SMILES string of the molecule is C[C@H](NCc1ccc(OCCCCCc2ccccc2)cc1)C(N)=O. The summed E-state index contributed by atoms with van der Waals surface area (Å²) in [5.74, 6) is 0.543. The molecule has 0 radical (unpaired) electrons. The van der Waals surface area contributed by atoms with Gasteiger partial charge in [0.2, 0.25) is 5.91 Å². The van der Waals surface area contributed by atoms with Gasteiger partial charge in [-0.3, -0.25) is 4.79 Å². The summed E-state index contributed by atoms with van der Waals surface area (Å²) in [6, 6.07) is 18.2. The first-order valence-electron chi connectivity index (χ1n) is 8.93. The van der Waals surface area contributed by atoms with Crippen LogP contribution in [-0.2, 0) is 17.8 Å². The molecule has 2 aromatic rings. The molecule has 4 heteroatoms. The van der Waals surface area contributed by atoms with E-state index in [2.05, 4.69) is 35.6 Å². The molecule has 0 bridgehead atoms. The number of rotatable bonds is 11. The lowest BCUT2D eigenvalue weighted by Crippen LogP contribution is -2.38. The molecule has 3 N–H and O–H groups in total. The van der Waals surface area contributed by atoms with E-state index in [1.165, 1.54) is 18.4 Å². The summed E-state index contributed by atoms with van der Waals surface area (Å²) in [7, 11) is 0. The Hall–Kier alpha value is -2.33. The number of nitrogens with two attached hydrogens (primary N) is 1. The lowest BCUT2D eigenvalue weighted by molar-refractivity contribution is -0.119. The molecule has 4 nitrogen and oxygen atoms in total. The minimum Gasteiger partial charge on any atom is -0.494 e. The molecular formula is C21H28N2O2. The molecule has 0 saturated carbocycles. The second-order valence-corrected chi connectivity index (χ2v) is 6.29. The van der Waals surface area contributed by atoms with Gasteiger partial charge in [0.25, 0.3) is 0 Å². The van der Waals surface area contributed by atoms with Crippen molar-refractivity contribution in [2.75, 3.05) is 6.61 Å². The van der Waals surface area contributed by atoms with Gasteiger partial charge in [0.05, 0.1) is 12.6 Å². The van der Waals surface area contributed by atoms with E-state index in [4.69, 9.17) is 10.5 Å². The van der Waals surface area contributed by atoms with Gasteiger partial charge in [-0.25, -0.2) is 0 Å². The van der Waals surface area contributed by atoms with Crippen LogP contribution in [0, 0.1) is 0 Å². The third-order valence-corrected chi connectivity index (χ3v) is 4.18. The molecular weight excluding hydrogens is 312 g/mol. The number of carbonyl (C=O) groups is 1. The Morgan fingerprint density at radius 2 is 1.72 bits per heavy atom. The van der Waals surface area contributed by atoms with Gasteiger partial charge in [0.15, 0.2) is 0 Å². The normalized spacial score (nSPS) is 11.9. The van der Waals surface area contributed by atoms with Crippen molar-refractivity contribution in [1.29, 1.82) is 0 Å². The maximum absolute atomic E-state index is 11.0. The van der Waals surface area contributed by atoms with Crippen molar-refractivity contribution in [1.82, 2.24) is 5.32 Å². The summed E-state index contributed by atoms with van der Waals surface area (Å²) >= 11 is 0. The van der Waals surface area contributed by atoms with Gasteiger partial charge in [-0.2, -0.15) is 0 Å². The van der Waals surface area contributed by atoms with Crippen LogP contribution in [0.4, 0.5) is 0 Å². The van der Waals surface area contributed by atoms with Gasteiger partial charge in [-0.05, 0) is 55.9 Å². The second kappa shape index (κ2) is 10.5. The molecule has 134 valence electrons. The highest BCUT2D eigenvalue weighted by Gasteiger charge is 2.06. The number of primary amides is 1. The molecule has 0 fully saturated rings. The van der Waals surface area contributed by atoms with Crippen molar-refractivity contribution >= 4 is 5.91 Å². The van der Waals surface area contributed by atoms with E-state index < -0.39 is 0 Å². The highest BCUT2D eigenvalue weighted by Crippen LogP contribution is 2.13. The van der Waals surface area contributed by atoms with Crippen LogP contribution in [0.5, 0.6) is 5.75 Å². The standard InChI is InChI=1S/C21H28N2O2/c1-17(21(22)24)23-16-19-11-13-20(14-12-19)25-15-7-3-6-10-18-8-4-2-5-9-18/h2,4-5,8-9,11-14,17,23H,3,6-7,10,15-16H2,1H3,(H2,22,24)/t17-/m0/s1. The van der Waals surface area contributed by atoms with Crippen LogP contribution in [0.1, 0.15) is 37.3 Å². The van der Waals surface area contributed by atoms with Gasteiger partial charge >= 0.3 is 0 Å². The minimum atomic E-state index is -0.341. The first-order valence-corrected chi connectivity index (χ1v) is 8.93. The molecule has 1 amide bonds. The number of aryl methyl sites for hydroxylation is 1. The average molecular weight is 340 g/mol. The molecule has 0 unspecified atom stereocenters. The van der Waals surface area contributed by atoms with E-state index in [9.17, 15) is 4.79 Å². The largest absolute Gasteiger partial charge is 0.494 e. The van der Waals surface area contributed by atoms with E-state index >= 15 is 0 Å². The number of hydrogen-bond acceptors (Lipinski definition) is 3. The molecule has 0 aromatic heterocycles. The summed E-state index contributed by atoms with van der Waals surface area (Å²) in [6.07, 6.45) is 4.55. The first-order chi connectivity index (χ1) is 12.1. The van der Waals surface area contributed by atoms with Crippen molar-refractivity contribution < 1.29 is 9.53 Å². The molecule has 0 saturated heterocycles. The molecule has 0 aliphatic rings. The Morgan fingerprint density at radius 3 is 2.40 bits per heavy atom. The molecule has 2 rings (SSSR count). The predicted molar refractivity (Wildman–Crippen MR) is 101 cm³/mol. The zero-order valence-corrected chi connectivity index (χ0v) is 14.9. The molecule has 1 atom stereocenters. The van der Waals surface area contributed by atoms with Gasteiger partial charge in [0, 0.05) is 6.54 Å². The fourth-order valence-corrected chi connectivity index (χ4v) is 2.52. The average Bonchev–Trinajstić information content (AvgIpc) is 2.64. The van der Waals surface area contributed by atoms with Crippen molar-refractivity contribution in [2.45, 2.75) is 45.2 Å². The molecule has 2 aromatic carbocycles. The third kappa shape index (κ3) is 7.40. The Morgan fingerprint density at radius 1 is 1.00 bits per heavy atom. The maximum atomic E-state index is 11.0. The van der Waals surface area contributed by atoms with E-state index in [-0.39, 0.29) is 11.9 Å². The highest BCUT2D eigenvalue weighted by molar-refractivity contribution is 5.79. The number of benzene rings is 2. The third-order valence-electron chi connectivity index (χ3n) is 4.18. The van der Waals surface area contributed by atoms with Crippen LogP contribution >= 0.6 is 0 Å². The van der Waals surface area contributed by atoms with Gasteiger partial charge in [-0.15, -0.1) is 0 Å². The Balaban J connectivity index is 1.59. The predicted octanol–water partition coefficient (Wildman–Crippen LogP) is 3.44. The number of ether oxygens (including phenoxy) is 1. The Labute approximate surface area is 150 Å². The van der Waals surface area contributed by atoms with Crippen LogP contribution in [0.25, 0.3) is 0 Å². The van der Waals surface area contributed by atoms with Gasteiger partial charge < -0.3 is 15.8 Å². The summed E-state index contributed by atoms with van der Waals surface area (Å²) in [5.41, 5.74) is 7.73. The van der Waals surface area contributed by atoms with Crippen LogP contribution in [0.2, 0.25) is 0 Å². The molecule has 0 spiro atoms. The summed E-state index contributed by atoms with van der Waals surface area (Å²) < 4.78 is 5.78. The zero-order valence-electron chi connectivity index (χ0n) is 14.9. The summed E-state index contributed by atoms with van der Waals surface area (Å²) in [5, 5.41) is 3.08. The van der Waals surface area contributed by atoms with Crippen molar-refractivity contribution in [2.24, 2.45) is 5.73 Å². The van der Waals surface area contributed by atoms with Crippen LogP contribution < -0.4 is 15.8 Å². The number of amides is 1. The molecule has 0 heterocycles. The lowest BCUT2D eigenvalue weighted by Gasteiger charge is -2.11. The van der Waals surface area contributed by atoms with Crippen molar-refractivity contribution in [3.8, 4) is 5.75 Å². The fraction of sp³-hybridized carbons (Fsp3) is 0.381. The maximum Gasteiger partial charge on any atom is 0.234 e. The second-order valence-electron chi connectivity index (χ2n) is 6.29. The zero-order chi connectivity index (χ0) is 17.9. The molecule has 0 aliphatic heterocycles. The van der Waals surface area contributed by atoms with E-state index in [1.807, 2.05) is 24.3 Å². The Bertz CT molecular complexity index is 626. The van der Waals surface area contributed by atoms with Gasteiger partial charge in [-0.1, -0.05) is 42.5 Å². The molecule has 0 aliphatic carbocycles. The van der Waals surface area contributed by atoms with Gasteiger partial charge in [0.1, 0.15) is 5.75 Å². The lowest BCUT2D eigenvalue weighted by atomic mass is 10.1. The quantitative estimate of drug-likeness (QED) is 0.616. The monoisotopic (exact) mass is 340 g/mol. The van der Waals surface area contributed by atoms with E-state index in [0.717, 1.165) is 30.8 Å². The minimum absolute atomic E-state index is 0.327. The van der Waals surface area contributed by atoms with Crippen molar-refractivity contribution in [3.63, 3.8) is 0 Å². The van der Waals surface area contributed by atoms with E-state index in [0.29, 0.717) is 6.54 Å². The van der Waals surface area contributed by atoms with E-state index in [1.54, 1.807) is 6.92 Å². The summed E-state index contributed by atoms with van der Waals surface area (Å²) in [4.78, 5) is 11.0. The molecule has 25 heavy (non-hydrogen) atoms.